The van der Waals surface area contributed by atoms with Crippen molar-refractivity contribution in [2.45, 2.75) is 19.3 Å². The molecule has 32 heavy (non-hydrogen) atoms. The molecule has 4 nitrogen and oxygen atoms in total. The molecule has 0 fully saturated rings. The molecule has 0 atom stereocenters. The van der Waals surface area contributed by atoms with Gasteiger partial charge >= 0.3 is 12.4 Å². The third-order valence-corrected chi connectivity index (χ3v) is 5.04. The molecule has 2 aromatic carbocycles. The van der Waals surface area contributed by atoms with E-state index in [2.05, 4.69) is 10.4 Å². The lowest BCUT2D eigenvalue weighted by Crippen LogP contribution is -2.49. The molecule has 0 unspecified atom stereocenters. The minimum Gasteiger partial charge on any atom is -0.292 e. The topological polar surface area (TPSA) is 44.7 Å². The number of alkyl halides is 6. The Labute approximate surface area is 178 Å². The number of carbonyl (C=O) groups excluding carboxylic acids is 1. The lowest BCUT2D eigenvalue weighted by molar-refractivity contribution is -0.138. The number of carbonyl (C=O) groups is 1. The van der Waals surface area contributed by atoms with Crippen molar-refractivity contribution in [3.63, 3.8) is 0 Å². The molecule has 0 aromatic heterocycles. The van der Waals surface area contributed by atoms with E-state index in [0.29, 0.717) is 22.4 Å². The zero-order valence-electron chi connectivity index (χ0n) is 16.5. The predicted molar refractivity (Wildman–Crippen MR) is 106 cm³/mol. The van der Waals surface area contributed by atoms with Crippen LogP contribution in [0.3, 0.4) is 0 Å². The molecule has 4 rings (SSSR count). The lowest BCUT2D eigenvalue weighted by Gasteiger charge is -2.36. The van der Waals surface area contributed by atoms with Crippen LogP contribution in [0.2, 0.25) is 0 Å². The number of hydrazine groups is 1. The van der Waals surface area contributed by atoms with Crippen molar-refractivity contribution in [2.24, 2.45) is 4.99 Å². The summed E-state index contributed by atoms with van der Waals surface area (Å²) in [7, 11) is 0. The van der Waals surface area contributed by atoms with Gasteiger partial charge in [0.2, 0.25) is 5.78 Å². The van der Waals surface area contributed by atoms with Crippen LogP contribution in [0, 0.1) is 0 Å². The highest BCUT2D eigenvalue weighted by Gasteiger charge is 2.34. The van der Waals surface area contributed by atoms with Crippen LogP contribution in [0.15, 0.2) is 65.2 Å². The molecular formula is C22H15F6N3O. The van der Waals surface area contributed by atoms with Gasteiger partial charge in [-0.3, -0.25) is 15.2 Å². The van der Waals surface area contributed by atoms with Crippen LogP contribution in [0.5, 0.6) is 0 Å². The Balaban J connectivity index is 1.69. The third-order valence-electron chi connectivity index (χ3n) is 5.04. The van der Waals surface area contributed by atoms with E-state index in [1.54, 1.807) is 6.92 Å². The van der Waals surface area contributed by atoms with E-state index in [4.69, 9.17) is 0 Å². The summed E-state index contributed by atoms with van der Waals surface area (Å²) in [6, 6.07) is 8.75. The summed E-state index contributed by atoms with van der Waals surface area (Å²) in [4.78, 5) is 16.9. The van der Waals surface area contributed by atoms with E-state index in [0.717, 1.165) is 24.3 Å². The van der Waals surface area contributed by atoms with Gasteiger partial charge < -0.3 is 0 Å². The highest BCUT2D eigenvalue weighted by atomic mass is 19.4. The van der Waals surface area contributed by atoms with Gasteiger partial charge in [0.05, 0.1) is 29.1 Å². The average molecular weight is 451 g/mol. The van der Waals surface area contributed by atoms with E-state index in [1.807, 2.05) is 0 Å². The van der Waals surface area contributed by atoms with Crippen molar-refractivity contribution < 1.29 is 31.1 Å². The molecule has 0 radical (unpaired) electrons. The van der Waals surface area contributed by atoms with Crippen molar-refractivity contribution in [1.29, 1.82) is 0 Å². The van der Waals surface area contributed by atoms with Crippen molar-refractivity contribution in [2.75, 3.05) is 6.54 Å². The number of fused-ring (bicyclic) bond motifs is 1. The minimum absolute atomic E-state index is 0.0427. The van der Waals surface area contributed by atoms with Crippen molar-refractivity contribution in [3.05, 3.63) is 82.4 Å². The van der Waals surface area contributed by atoms with E-state index in [1.165, 1.54) is 35.4 Å². The molecule has 0 amide bonds. The molecule has 2 aliphatic rings. The summed E-state index contributed by atoms with van der Waals surface area (Å²) in [6.45, 7) is 1.91. The third kappa shape index (κ3) is 4.00. The standard InChI is InChI=1S/C22H15F6N3O/c1-12-11-29-20-18(32)10-17(13-2-6-15(7-3-13)21(23,24)25)30-31(20)19(12)14-4-8-16(9-5-14)22(26,27)28/h2-10,30H,11H2,1H3. The Hall–Kier alpha value is -3.56. The zero-order chi connectivity index (χ0) is 23.3. The number of nitrogens with zero attached hydrogens (tertiary/aromatic N) is 2. The van der Waals surface area contributed by atoms with Gasteiger partial charge in [-0.2, -0.15) is 26.3 Å². The van der Waals surface area contributed by atoms with Gasteiger partial charge in [-0.25, -0.2) is 5.01 Å². The van der Waals surface area contributed by atoms with Gasteiger partial charge in [0.15, 0.2) is 5.84 Å². The number of rotatable bonds is 2. The van der Waals surface area contributed by atoms with Gasteiger partial charge in [-0.1, -0.05) is 24.3 Å². The second-order valence-corrected chi connectivity index (χ2v) is 7.29. The SMILES string of the molecule is CC1=C(c2ccc(C(F)(F)F)cc2)N2NC(c3ccc(C(F)(F)F)cc3)=CC(=O)C2=NC1. The smallest absolute Gasteiger partial charge is 0.292 e. The minimum atomic E-state index is -4.50. The molecule has 1 N–H and O–H groups in total. The molecule has 0 saturated carbocycles. The lowest BCUT2D eigenvalue weighted by atomic mass is 10.0. The maximum absolute atomic E-state index is 12.9. The highest BCUT2D eigenvalue weighted by Crippen LogP contribution is 2.34. The molecule has 2 aliphatic heterocycles. The fraction of sp³-hybridized carbons (Fsp3) is 0.182. The molecule has 0 aliphatic carbocycles. The van der Waals surface area contributed by atoms with Crippen LogP contribution >= 0.6 is 0 Å². The summed E-state index contributed by atoms with van der Waals surface area (Å²) in [5.74, 6) is -0.434. The van der Waals surface area contributed by atoms with Gasteiger partial charge in [-0.05, 0) is 42.3 Å². The van der Waals surface area contributed by atoms with Gasteiger partial charge in [0.1, 0.15) is 0 Å². The van der Waals surface area contributed by atoms with Crippen LogP contribution in [-0.4, -0.2) is 23.2 Å². The number of hydrogen-bond donors (Lipinski definition) is 1. The maximum atomic E-state index is 12.9. The fourth-order valence-electron chi connectivity index (χ4n) is 3.46. The molecule has 10 heteroatoms. The number of ketones is 1. The van der Waals surface area contributed by atoms with Crippen LogP contribution in [-0.2, 0) is 17.1 Å². The highest BCUT2D eigenvalue weighted by molar-refractivity contribution is 6.46. The van der Waals surface area contributed by atoms with Gasteiger partial charge in [-0.15, -0.1) is 0 Å². The largest absolute Gasteiger partial charge is 0.416 e. The number of halogens is 6. The van der Waals surface area contributed by atoms with Crippen molar-refractivity contribution in [1.82, 2.24) is 10.4 Å². The quantitative estimate of drug-likeness (QED) is 0.631. The molecule has 2 heterocycles. The van der Waals surface area contributed by atoms with Crippen molar-refractivity contribution in [3.8, 4) is 0 Å². The van der Waals surface area contributed by atoms with E-state index < -0.39 is 29.3 Å². The summed E-state index contributed by atoms with van der Waals surface area (Å²) < 4.78 is 77.3. The Morgan fingerprint density at radius 3 is 1.84 bits per heavy atom. The average Bonchev–Trinajstić information content (AvgIpc) is 2.72. The molecule has 0 saturated heterocycles. The van der Waals surface area contributed by atoms with Crippen LogP contribution in [0.25, 0.3) is 11.4 Å². The Bertz CT molecular complexity index is 1160. The normalized spacial score (nSPS) is 17.0. The first-order valence-corrected chi connectivity index (χ1v) is 9.37. The Morgan fingerprint density at radius 2 is 1.34 bits per heavy atom. The Morgan fingerprint density at radius 1 is 0.844 bits per heavy atom. The van der Waals surface area contributed by atoms with Crippen LogP contribution < -0.4 is 5.43 Å². The van der Waals surface area contributed by atoms with Crippen LogP contribution in [0.4, 0.5) is 26.3 Å². The first kappa shape index (κ1) is 21.7. The second kappa shape index (κ2) is 7.54. The van der Waals surface area contributed by atoms with Crippen molar-refractivity contribution >= 4 is 23.0 Å². The molecule has 0 bridgehead atoms. The first-order chi connectivity index (χ1) is 14.9. The number of aliphatic imine (C=N–C) groups is 1. The molecular weight excluding hydrogens is 436 g/mol. The Kier molecular flexibility index (Phi) is 5.10. The molecule has 166 valence electrons. The predicted octanol–water partition coefficient (Wildman–Crippen LogP) is 5.30. The van der Waals surface area contributed by atoms with Gasteiger partial charge in [0, 0.05) is 11.6 Å². The number of nitrogens with one attached hydrogen (secondary N) is 1. The monoisotopic (exact) mass is 451 g/mol. The first-order valence-electron chi connectivity index (χ1n) is 9.37. The van der Waals surface area contributed by atoms with Gasteiger partial charge in [0.25, 0.3) is 0 Å². The number of amidine groups is 1. The van der Waals surface area contributed by atoms with Crippen LogP contribution in [0.1, 0.15) is 29.2 Å². The zero-order valence-corrected chi connectivity index (χ0v) is 16.5. The summed E-state index contributed by atoms with van der Waals surface area (Å²) in [5.41, 5.74) is 3.48. The fourth-order valence-corrected chi connectivity index (χ4v) is 3.46. The molecule has 2 aromatic rings. The van der Waals surface area contributed by atoms with E-state index in [9.17, 15) is 31.1 Å². The maximum Gasteiger partial charge on any atom is 0.416 e. The number of benzene rings is 2. The summed E-state index contributed by atoms with van der Waals surface area (Å²) >= 11 is 0. The van der Waals surface area contributed by atoms with E-state index >= 15 is 0 Å². The second-order valence-electron chi connectivity index (χ2n) is 7.29. The van der Waals surface area contributed by atoms with E-state index in [-0.39, 0.29) is 18.1 Å². The summed E-state index contributed by atoms with van der Waals surface area (Å²) in [5, 5.41) is 1.36. The molecule has 0 spiro atoms. The summed E-state index contributed by atoms with van der Waals surface area (Å²) in [6.07, 6.45) is -7.76. The number of hydrogen-bond acceptors (Lipinski definition) is 4.